The second-order valence-corrected chi connectivity index (χ2v) is 4.03. The van der Waals surface area contributed by atoms with Crippen molar-refractivity contribution in [1.29, 1.82) is 0 Å². The highest BCUT2D eigenvalue weighted by Gasteiger charge is 2.24. The molecule has 1 aromatic rings. The Hall–Kier alpha value is -1.10. The third-order valence-electron chi connectivity index (χ3n) is 2.95. The molecule has 0 radical (unpaired) electrons. The summed E-state index contributed by atoms with van der Waals surface area (Å²) in [7, 11) is 0. The van der Waals surface area contributed by atoms with E-state index in [2.05, 4.69) is 22.0 Å². The van der Waals surface area contributed by atoms with E-state index in [0.717, 1.165) is 19.0 Å². The predicted octanol–water partition coefficient (Wildman–Crippen LogP) is 0.807. The standard InChI is InChI=1S/C10H18N4O/c1-2-8-4-6-14(7-8)10-13-12-9(15-10)3-5-11/h8H,2-7,11H2,1H3. The van der Waals surface area contributed by atoms with Crippen molar-refractivity contribution >= 4 is 6.01 Å². The summed E-state index contributed by atoms with van der Waals surface area (Å²) >= 11 is 0. The Balaban J connectivity index is 1.97. The first-order valence-corrected chi connectivity index (χ1v) is 5.61. The molecular weight excluding hydrogens is 192 g/mol. The van der Waals surface area contributed by atoms with Gasteiger partial charge in [0.05, 0.1) is 0 Å². The number of aromatic nitrogens is 2. The average Bonchev–Trinajstić information content (AvgIpc) is 2.85. The summed E-state index contributed by atoms with van der Waals surface area (Å²) in [5.74, 6) is 1.42. The van der Waals surface area contributed by atoms with Gasteiger partial charge in [-0.05, 0) is 12.3 Å². The van der Waals surface area contributed by atoms with Crippen molar-refractivity contribution in [2.45, 2.75) is 26.2 Å². The molecule has 1 aliphatic heterocycles. The van der Waals surface area contributed by atoms with Gasteiger partial charge in [-0.2, -0.15) is 0 Å². The van der Waals surface area contributed by atoms with Gasteiger partial charge in [0.15, 0.2) is 0 Å². The van der Waals surface area contributed by atoms with Crippen LogP contribution >= 0.6 is 0 Å². The lowest BCUT2D eigenvalue weighted by molar-refractivity contribution is 0.487. The lowest BCUT2D eigenvalue weighted by atomic mass is 10.1. The van der Waals surface area contributed by atoms with E-state index < -0.39 is 0 Å². The molecule has 15 heavy (non-hydrogen) atoms. The van der Waals surface area contributed by atoms with Gasteiger partial charge in [0, 0.05) is 26.1 Å². The molecule has 1 fully saturated rings. The molecule has 0 spiro atoms. The summed E-state index contributed by atoms with van der Waals surface area (Å²) in [5, 5.41) is 8.00. The minimum atomic E-state index is 0.555. The maximum Gasteiger partial charge on any atom is 0.318 e. The van der Waals surface area contributed by atoms with Crippen LogP contribution in [0.2, 0.25) is 0 Å². The molecule has 1 aliphatic rings. The zero-order chi connectivity index (χ0) is 10.7. The topological polar surface area (TPSA) is 68.2 Å². The Kier molecular flexibility index (Phi) is 3.20. The molecule has 0 bridgehead atoms. The SMILES string of the molecule is CCC1CCN(c2nnc(CCN)o2)C1. The van der Waals surface area contributed by atoms with Crippen LogP contribution in [0.25, 0.3) is 0 Å². The molecule has 0 aliphatic carbocycles. The Bertz CT molecular complexity index is 312. The van der Waals surface area contributed by atoms with Crippen molar-refractivity contribution < 1.29 is 4.42 Å². The fraction of sp³-hybridized carbons (Fsp3) is 0.800. The van der Waals surface area contributed by atoms with Crippen molar-refractivity contribution in [2.75, 3.05) is 24.5 Å². The zero-order valence-corrected chi connectivity index (χ0v) is 9.15. The molecule has 1 unspecified atom stereocenters. The smallest absolute Gasteiger partial charge is 0.318 e. The van der Waals surface area contributed by atoms with E-state index in [1.807, 2.05) is 0 Å². The van der Waals surface area contributed by atoms with Gasteiger partial charge in [-0.1, -0.05) is 18.4 Å². The molecule has 2 rings (SSSR count). The Labute approximate surface area is 89.6 Å². The van der Waals surface area contributed by atoms with Crippen LogP contribution in [-0.4, -0.2) is 29.8 Å². The quantitative estimate of drug-likeness (QED) is 0.796. The Morgan fingerprint density at radius 3 is 3.07 bits per heavy atom. The van der Waals surface area contributed by atoms with Crippen LogP contribution in [0.4, 0.5) is 6.01 Å². The largest absolute Gasteiger partial charge is 0.408 e. The lowest BCUT2D eigenvalue weighted by Gasteiger charge is -2.11. The number of hydrogen-bond donors (Lipinski definition) is 1. The third-order valence-corrected chi connectivity index (χ3v) is 2.95. The molecule has 2 N–H and O–H groups in total. The van der Waals surface area contributed by atoms with Gasteiger partial charge < -0.3 is 15.1 Å². The summed E-state index contributed by atoms with van der Waals surface area (Å²) < 4.78 is 5.52. The van der Waals surface area contributed by atoms with Crippen LogP contribution in [0.3, 0.4) is 0 Å². The van der Waals surface area contributed by atoms with Crippen LogP contribution in [0.5, 0.6) is 0 Å². The normalized spacial score (nSPS) is 21.2. The van der Waals surface area contributed by atoms with Crippen molar-refractivity contribution in [2.24, 2.45) is 11.7 Å². The van der Waals surface area contributed by atoms with Gasteiger partial charge in [0.25, 0.3) is 0 Å². The first-order chi connectivity index (χ1) is 7.33. The molecule has 1 aromatic heterocycles. The highest BCUT2D eigenvalue weighted by Crippen LogP contribution is 2.24. The molecule has 2 heterocycles. The van der Waals surface area contributed by atoms with E-state index in [9.17, 15) is 0 Å². The minimum absolute atomic E-state index is 0.555. The fourth-order valence-corrected chi connectivity index (χ4v) is 1.94. The summed E-state index contributed by atoms with van der Waals surface area (Å²) in [6, 6.07) is 0.661. The van der Waals surface area contributed by atoms with E-state index in [0.29, 0.717) is 24.9 Å². The Morgan fingerprint density at radius 1 is 1.53 bits per heavy atom. The summed E-state index contributed by atoms with van der Waals surface area (Å²) in [4.78, 5) is 2.17. The number of anilines is 1. The third kappa shape index (κ3) is 2.28. The van der Waals surface area contributed by atoms with Crippen molar-refractivity contribution in [3.8, 4) is 0 Å². The Morgan fingerprint density at radius 2 is 2.40 bits per heavy atom. The predicted molar refractivity (Wildman–Crippen MR) is 57.7 cm³/mol. The average molecular weight is 210 g/mol. The molecule has 0 saturated carbocycles. The molecule has 0 aromatic carbocycles. The number of nitrogens with zero attached hydrogens (tertiary/aromatic N) is 3. The second kappa shape index (κ2) is 4.61. The zero-order valence-electron chi connectivity index (χ0n) is 9.15. The number of hydrogen-bond acceptors (Lipinski definition) is 5. The van der Waals surface area contributed by atoms with Crippen LogP contribution in [0.1, 0.15) is 25.7 Å². The first kappa shape index (κ1) is 10.4. The van der Waals surface area contributed by atoms with Crippen LogP contribution in [0.15, 0.2) is 4.42 Å². The maximum atomic E-state index is 5.52. The van der Waals surface area contributed by atoms with Gasteiger partial charge in [0.2, 0.25) is 5.89 Å². The first-order valence-electron chi connectivity index (χ1n) is 5.61. The van der Waals surface area contributed by atoms with Crippen LogP contribution in [-0.2, 0) is 6.42 Å². The second-order valence-electron chi connectivity index (χ2n) is 4.03. The summed E-state index contributed by atoms with van der Waals surface area (Å²) in [6.07, 6.45) is 3.11. The van der Waals surface area contributed by atoms with Gasteiger partial charge in [-0.3, -0.25) is 0 Å². The highest BCUT2D eigenvalue weighted by atomic mass is 16.4. The minimum Gasteiger partial charge on any atom is -0.408 e. The van der Waals surface area contributed by atoms with Crippen LogP contribution in [0, 0.1) is 5.92 Å². The molecule has 1 atom stereocenters. The molecule has 84 valence electrons. The summed E-state index contributed by atoms with van der Waals surface area (Å²) in [6.45, 7) is 4.85. The van der Waals surface area contributed by atoms with E-state index in [-0.39, 0.29) is 0 Å². The summed E-state index contributed by atoms with van der Waals surface area (Å²) in [5.41, 5.74) is 5.43. The van der Waals surface area contributed by atoms with E-state index in [1.165, 1.54) is 12.8 Å². The highest BCUT2D eigenvalue weighted by molar-refractivity contribution is 5.26. The van der Waals surface area contributed by atoms with Crippen molar-refractivity contribution in [1.82, 2.24) is 10.2 Å². The monoisotopic (exact) mass is 210 g/mol. The molecular formula is C10H18N4O. The molecule has 5 nitrogen and oxygen atoms in total. The van der Waals surface area contributed by atoms with Crippen molar-refractivity contribution in [3.63, 3.8) is 0 Å². The molecule has 5 heteroatoms. The molecule has 0 amide bonds. The lowest BCUT2D eigenvalue weighted by Crippen LogP contribution is -2.19. The van der Waals surface area contributed by atoms with E-state index >= 15 is 0 Å². The van der Waals surface area contributed by atoms with Crippen LogP contribution < -0.4 is 10.6 Å². The molecule has 1 saturated heterocycles. The van der Waals surface area contributed by atoms with Gasteiger partial charge in [-0.15, -0.1) is 5.10 Å². The maximum absolute atomic E-state index is 5.52. The number of nitrogens with two attached hydrogens (primary N) is 1. The van der Waals surface area contributed by atoms with E-state index in [1.54, 1.807) is 0 Å². The van der Waals surface area contributed by atoms with Gasteiger partial charge in [-0.25, -0.2) is 0 Å². The van der Waals surface area contributed by atoms with E-state index in [4.69, 9.17) is 10.2 Å². The fourth-order valence-electron chi connectivity index (χ4n) is 1.94. The van der Waals surface area contributed by atoms with Gasteiger partial charge in [0.1, 0.15) is 0 Å². The van der Waals surface area contributed by atoms with Crippen molar-refractivity contribution in [3.05, 3.63) is 5.89 Å². The number of rotatable bonds is 4. The van der Waals surface area contributed by atoms with Gasteiger partial charge >= 0.3 is 6.01 Å².